The molecule has 2 N–H and O–H groups in total. The van der Waals surface area contributed by atoms with Gasteiger partial charge in [0.25, 0.3) is 0 Å². The van der Waals surface area contributed by atoms with Gasteiger partial charge in [-0.2, -0.15) is 0 Å². The topological polar surface area (TPSA) is 32.3 Å². The minimum Gasteiger partial charge on any atom is -0.394 e. The van der Waals surface area contributed by atoms with E-state index < -0.39 is 5.82 Å². The Morgan fingerprint density at radius 1 is 1.33 bits per heavy atom. The predicted molar refractivity (Wildman–Crippen MR) is 71.2 cm³/mol. The van der Waals surface area contributed by atoms with Crippen molar-refractivity contribution >= 4 is 11.6 Å². The van der Waals surface area contributed by atoms with Crippen LogP contribution in [0, 0.1) is 5.82 Å². The molecule has 0 radical (unpaired) electrons. The van der Waals surface area contributed by atoms with E-state index in [1.165, 1.54) is 31.4 Å². The second kappa shape index (κ2) is 6.50. The third kappa shape index (κ3) is 3.44. The fourth-order valence-electron chi connectivity index (χ4n) is 2.54. The molecule has 0 bridgehead atoms. The standard InChI is InChI=1S/C14H19ClFNO/c15-12-7-6-10(8-13(12)16)14(9-18)17-11-4-2-1-3-5-11/h6-8,11,14,17-18H,1-5,9H2. The first-order valence-electron chi connectivity index (χ1n) is 6.52. The normalized spacial score (nSPS) is 18.8. The summed E-state index contributed by atoms with van der Waals surface area (Å²) in [5.41, 5.74) is 0.755. The van der Waals surface area contributed by atoms with Crippen LogP contribution in [0.4, 0.5) is 4.39 Å². The van der Waals surface area contributed by atoms with Crippen LogP contribution in [0.3, 0.4) is 0 Å². The van der Waals surface area contributed by atoms with Gasteiger partial charge in [-0.05, 0) is 30.5 Å². The highest BCUT2D eigenvalue weighted by atomic mass is 35.5. The van der Waals surface area contributed by atoms with Crippen molar-refractivity contribution < 1.29 is 9.50 Å². The summed E-state index contributed by atoms with van der Waals surface area (Å²) in [7, 11) is 0. The van der Waals surface area contributed by atoms with E-state index in [-0.39, 0.29) is 17.7 Å². The van der Waals surface area contributed by atoms with E-state index in [0.717, 1.165) is 18.4 Å². The van der Waals surface area contributed by atoms with E-state index >= 15 is 0 Å². The molecule has 1 aromatic carbocycles. The van der Waals surface area contributed by atoms with E-state index in [4.69, 9.17) is 11.6 Å². The Morgan fingerprint density at radius 3 is 2.67 bits per heavy atom. The molecule has 4 heteroatoms. The van der Waals surface area contributed by atoms with Crippen LogP contribution in [0.2, 0.25) is 5.02 Å². The molecule has 2 nitrogen and oxygen atoms in total. The minimum absolute atomic E-state index is 0.0302. The Balaban J connectivity index is 2.04. The van der Waals surface area contributed by atoms with Crippen molar-refractivity contribution in [3.8, 4) is 0 Å². The van der Waals surface area contributed by atoms with Gasteiger partial charge in [0.2, 0.25) is 0 Å². The Morgan fingerprint density at radius 2 is 2.06 bits per heavy atom. The molecule has 1 aliphatic carbocycles. The smallest absolute Gasteiger partial charge is 0.142 e. The van der Waals surface area contributed by atoms with Crippen LogP contribution < -0.4 is 5.32 Å². The summed E-state index contributed by atoms with van der Waals surface area (Å²) in [6.45, 7) is -0.0302. The lowest BCUT2D eigenvalue weighted by Crippen LogP contribution is -2.36. The van der Waals surface area contributed by atoms with Crippen LogP contribution in [-0.2, 0) is 0 Å². The maximum Gasteiger partial charge on any atom is 0.142 e. The Labute approximate surface area is 112 Å². The number of aliphatic hydroxyl groups is 1. The van der Waals surface area contributed by atoms with Crippen molar-refractivity contribution in [3.05, 3.63) is 34.6 Å². The maximum absolute atomic E-state index is 13.4. The zero-order chi connectivity index (χ0) is 13.0. The largest absolute Gasteiger partial charge is 0.394 e. The van der Waals surface area contributed by atoms with Gasteiger partial charge in [-0.15, -0.1) is 0 Å². The summed E-state index contributed by atoms with van der Waals surface area (Å²) in [5.74, 6) is -0.432. The second-order valence-corrected chi connectivity index (χ2v) is 5.32. The van der Waals surface area contributed by atoms with Crippen LogP contribution in [0.15, 0.2) is 18.2 Å². The van der Waals surface area contributed by atoms with Crippen LogP contribution in [0.25, 0.3) is 0 Å². The molecular formula is C14H19ClFNO. The van der Waals surface area contributed by atoms with Crippen molar-refractivity contribution in [3.63, 3.8) is 0 Å². The van der Waals surface area contributed by atoms with Crippen molar-refractivity contribution in [2.24, 2.45) is 0 Å². The monoisotopic (exact) mass is 271 g/mol. The Bertz CT molecular complexity index is 393. The number of rotatable bonds is 4. The molecule has 0 saturated heterocycles. The first kappa shape index (κ1) is 13.8. The van der Waals surface area contributed by atoms with E-state index in [9.17, 15) is 9.50 Å². The van der Waals surface area contributed by atoms with Gasteiger partial charge in [0.1, 0.15) is 5.82 Å². The van der Waals surface area contributed by atoms with E-state index in [2.05, 4.69) is 5.32 Å². The molecule has 1 saturated carbocycles. The Kier molecular flexibility index (Phi) is 4.98. The van der Waals surface area contributed by atoms with Gasteiger partial charge >= 0.3 is 0 Å². The molecule has 0 amide bonds. The van der Waals surface area contributed by atoms with E-state index in [1.807, 2.05) is 0 Å². The summed E-state index contributed by atoms with van der Waals surface area (Å²) in [4.78, 5) is 0. The average Bonchev–Trinajstić information content (AvgIpc) is 2.40. The molecule has 0 spiro atoms. The molecule has 1 aliphatic rings. The number of halogens is 2. The molecule has 0 aromatic heterocycles. The zero-order valence-electron chi connectivity index (χ0n) is 10.3. The van der Waals surface area contributed by atoms with Gasteiger partial charge in [-0.3, -0.25) is 0 Å². The molecule has 1 unspecified atom stereocenters. The lowest BCUT2D eigenvalue weighted by molar-refractivity contribution is 0.220. The van der Waals surface area contributed by atoms with Gasteiger partial charge in [-0.25, -0.2) is 4.39 Å². The summed E-state index contributed by atoms with van der Waals surface area (Å²) in [6, 6.07) is 4.92. The quantitative estimate of drug-likeness (QED) is 0.879. The Hall–Kier alpha value is -0.640. The molecule has 0 heterocycles. The van der Waals surface area contributed by atoms with Crippen molar-refractivity contribution in [1.82, 2.24) is 5.32 Å². The number of nitrogens with one attached hydrogen (secondary N) is 1. The number of hydrogen-bond donors (Lipinski definition) is 2. The van der Waals surface area contributed by atoms with E-state index in [1.54, 1.807) is 6.07 Å². The summed E-state index contributed by atoms with van der Waals surface area (Å²) in [6.07, 6.45) is 6.01. The first-order chi connectivity index (χ1) is 8.70. The second-order valence-electron chi connectivity index (χ2n) is 4.91. The van der Waals surface area contributed by atoms with Crippen molar-refractivity contribution in [1.29, 1.82) is 0 Å². The fraction of sp³-hybridized carbons (Fsp3) is 0.571. The van der Waals surface area contributed by atoms with Gasteiger partial charge in [0.15, 0.2) is 0 Å². The lowest BCUT2D eigenvalue weighted by Gasteiger charge is -2.28. The molecule has 1 aromatic rings. The summed E-state index contributed by atoms with van der Waals surface area (Å²) >= 11 is 5.66. The van der Waals surface area contributed by atoms with Gasteiger partial charge < -0.3 is 10.4 Å². The molecule has 2 rings (SSSR count). The van der Waals surface area contributed by atoms with E-state index in [0.29, 0.717) is 6.04 Å². The van der Waals surface area contributed by atoms with Crippen LogP contribution in [0.5, 0.6) is 0 Å². The fourth-order valence-corrected chi connectivity index (χ4v) is 2.65. The highest BCUT2D eigenvalue weighted by Crippen LogP contribution is 2.24. The van der Waals surface area contributed by atoms with Crippen molar-refractivity contribution in [2.75, 3.05) is 6.61 Å². The van der Waals surface area contributed by atoms with Crippen LogP contribution >= 0.6 is 11.6 Å². The zero-order valence-corrected chi connectivity index (χ0v) is 11.1. The van der Waals surface area contributed by atoms with Crippen LogP contribution in [-0.4, -0.2) is 17.8 Å². The molecule has 18 heavy (non-hydrogen) atoms. The van der Waals surface area contributed by atoms with Crippen molar-refractivity contribution in [2.45, 2.75) is 44.2 Å². The molecule has 1 fully saturated rings. The van der Waals surface area contributed by atoms with Gasteiger partial charge in [-0.1, -0.05) is 36.9 Å². The maximum atomic E-state index is 13.4. The third-order valence-corrected chi connectivity index (χ3v) is 3.88. The van der Waals surface area contributed by atoms with Crippen LogP contribution in [0.1, 0.15) is 43.7 Å². The number of hydrogen-bond acceptors (Lipinski definition) is 2. The molecule has 100 valence electrons. The molecule has 1 atom stereocenters. The number of aliphatic hydroxyl groups excluding tert-OH is 1. The average molecular weight is 272 g/mol. The number of benzene rings is 1. The van der Waals surface area contributed by atoms with Gasteiger partial charge in [0, 0.05) is 6.04 Å². The van der Waals surface area contributed by atoms with Gasteiger partial charge in [0.05, 0.1) is 17.7 Å². The highest BCUT2D eigenvalue weighted by Gasteiger charge is 2.19. The lowest BCUT2D eigenvalue weighted by atomic mass is 9.94. The minimum atomic E-state index is -0.432. The predicted octanol–water partition coefficient (Wildman–Crippen LogP) is 3.43. The SMILES string of the molecule is OCC(NC1CCCCC1)c1ccc(Cl)c(F)c1. The molecule has 0 aliphatic heterocycles. The first-order valence-corrected chi connectivity index (χ1v) is 6.90. The highest BCUT2D eigenvalue weighted by molar-refractivity contribution is 6.30. The summed E-state index contributed by atoms with van der Waals surface area (Å²) in [5, 5.41) is 13.0. The third-order valence-electron chi connectivity index (χ3n) is 3.57. The summed E-state index contributed by atoms with van der Waals surface area (Å²) < 4.78 is 13.4. The molecular weight excluding hydrogens is 253 g/mol.